The van der Waals surface area contributed by atoms with E-state index in [2.05, 4.69) is 4.74 Å². The fraction of sp³-hybridized carbons (Fsp3) is 0.0833. The molecule has 17 heavy (non-hydrogen) atoms. The summed E-state index contributed by atoms with van der Waals surface area (Å²) in [5.74, 6) is 0.161. The first kappa shape index (κ1) is 12.1. The molecule has 2 rings (SSSR count). The number of benzene rings is 1. The van der Waals surface area contributed by atoms with E-state index in [0.717, 1.165) is 16.0 Å². The molecule has 1 nitrogen and oxygen atoms in total. The maximum Gasteiger partial charge on any atom is 0.387 e. The Hall–Kier alpha value is -1.33. The molecule has 1 aromatic carbocycles. The first-order valence-corrected chi connectivity index (χ1v) is 6.13. The maximum atomic E-state index is 12.0. The number of alkyl halides is 2. The highest BCUT2D eigenvalue weighted by molar-refractivity contribution is 7.79. The summed E-state index contributed by atoms with van der Waals surface area (Å²) in [4.78, 5) is 1.00. The summed E-state index contributed by atoms with van der Waals surface area (Å²) in [5, 5.41) is 3.59. The van der Waals surface area contributed by atoms with Crippen LogP contribution in [0.1, 0.15) is 4.88 Å². The third kappa shape index (κ3) is 3.08. The molecule has 0 N–H and O–H groups in total. The summed E-state index contributed by atoms with van der Waals surface area (Å²) in [6, 6.07) is 8.49. The predicted octanol–water partition coefficient (Wildman–Crippen LogP) is 4.36. The van der Waals surface area contributed by atoms with Gasteiger partial charge in [-0.2, -0.15) is 8.78 Å². The lowest BCUT2D eigenvalue weighted by atomic mass is 10.1. The molecule has 0 atom stereocenters. The van der Waals surface area contributed by atoms with E-state index < -0.39 is 6.61 Å². The lowest BCUT2D eigenvalue weighted by Crippen LogP contribution is -2.01. The van der Waals surface area contributed by atoms with E-state index in [4.69, 9.17) is 12.2 Å². The molecule has 88 valence electrons. The van der Waals surface area contributed by atoms with Gasteiger partial charge in [0.2, 0.25) is 0 Å². The molecule has 0 aliphatic heterocycles. The second kappa shape index (κ2) is 5.33. The molecule has 5 heteroatoms. The second-order valence-electron chi connectivity index (χ2n) is 3.26. The number of thiocarbonyl (C=S) groups is 1. The molecule has 0 fully saturated rings. The Morgan fingerprint density at radius 2 is 1.88 bits per heavy atom. The molecule has 0 unspecified atom stereocenters. The number of ether oxygens (including phenoxy) is 1. The van der Waals surface area contributed by atoms with Gasteiger partial charge in [0.25, 0.3) is 0 Å². The fourth-order valence-electron chi connectivity index (χ4n) is 1.39. The zero-order chi connectivity index (χ0) is 12.3. The van der Waals surface area contributed by atoms with E-state index in [9.17, 15) is 8.78 Å². The normalized spacial score (nSPS) is 10.5. The summed E-state index contributed by atoms with van der Waals surface area (Å²) >= 11 is 6.38. The summed E-state index contributed by atoms with van der Waals surface area (Å²) in [6.07, 6.45) is 0. The van der Waals surface area contributed by atoms with Crippen LogP contribution in [-0.4, -0.2) is 12.0 Å². The average Bonchev–Trinajstić information content (AvgIpc) is 2.78. The molecular formula is C12H8F2OS2. The van der Waals surface area contributed by atoms with Gasteiger partial charge in [-0.25, -0.2) is 0 Å². The van der Waals surface area contributed by atoms with Crippen molar-refractivity contribution in [2.75, 3.05) is 0 Å². The van der Waals surface area contributed by atoms with Gasteiger partial charge in [-0.3, -0.25) is 0 Å². The summed E-state index contributed by atoms with van der Waals surface area (Å²) in [5.41, 5.74) is 1.97. The maximum absolute atomic E-state index is 12.0. The van der Waals surface area contributed by atoms with Crippen molar-refractivity contribution in [3.63, 3.8) is 0 Å². The van der Waals surface area contributed by atoms with Gasteiger partial charge in [0, 0.05) is 10.2 Å². The molecule has 0 bridgehead atoms. The molecule has 0 saturated carbocycles. The predicted molar refractivity (Wildman–Crippen MR) is 69.1 cm³/mol. The van der Waals surface area contributed by atoms with Gasteiger partial charge in [0.05, 0.1) is 0 Å². The molecule has 0 radical (unpaired) electrons. The number of hydrogen-bond acceptors (Lipinski definition) is 3. The van der Waals surface area contributed by atoms with Crippen molar-refractivity contribution in [3.05, 3.63) is 40.6 Å². The van der Waals surface area contributed by atoms with E-state index >= 15 is 0 Å². The van der Waals surface area contributed by atoms with Crippen LogP contribution >= 0.6 is 23.6 Å². The van der Waals surface area contributed by atoms with Gasteiger partial charge in [-0.1, -0.05) is 24.4 Å². The molecule has 2 aromatic rings. The fourth-order valence-corrected chi connectivity index (χ4v) is 2.35. The van der Waals surface area contributed by atoms with Gasteiger partial charge < -0.3 is 4.74 Å². The van der Waals surface area contributed by atoms with Gasteiger partial charge in [0.1, 0.15) is 5.75 Å². The van der Waals surface area contributed by atoms with Crippen molar-refractivity contribution in [2.45, 2.75) is 6.61 Å². The van der Waals surface area contributed by atoms with Crippen LogP contribution in [0.3, 0.4) is 0 Å². The Bertz CT molecular complexity index is 505. The minimum absolute atomic E-state index is 0.161. The smallest absolute Gasteiger partial charge is 0.387 e. The molecule has 1 heterocycles. The van der Waals surface area contributed by atoms with Crippen molar-refractivity contribution >= 4 is 28.9 Å². The largest absolute Gasteiger partial charge is 0.435 e. The van der Waals surface area contributed by atoms with E-state index in [1.54, 1.807) is 28.8 Å². The lowest BCUT2D eigenvalue weighted by Gasteiger charge is -2.04. The molecule has 0 amide bonds. The first-order chi connectivity index (χ1) is 8.19. The Balaban J connectivity index is 2.19. The molecule has 0 aliphatic rings. The summed E-state index contributed by atoms with van der Waals surface area (Å²) in [7, 11) is 0. The van der Waals surface area contributed by atoms with Crippen LogP contribution in [0.5, 0.6) is 5.75 Å². The molecule has 0 saturated heterocycles. The molecule has 1 aromatic heterocycles. The Kier molecular flexibility index (Phi) is 3.81. The summed E-state index contributed by atoms with van der Waals surface area (Å²) < 4.78 is 28.2. The zero-order valence-electron chi connectivity index (χ0n) is 8.60. The lowest BCUT2D eigenvalue weighted by molar-refractivity contribution is -0.0498. The van der Waals surface area contributed by atoms with Crippen molar-refractivity contribution in [1.82, 2.24) is 0 Å². The van der Waals surface area contributed by atoms with E-state index in [-0.39, 0.29) is 5.75 Å². The third-order valence-electron chi connectivity index (χ3n) is 2.15. The second-order valence-corrected chi connectivity index (χ2v) is 4.44. The quantitative estimate of drug-likeness (QED) is 0.763. The van der Waals surface area contributed by atoms with E-state index in [0.29, 0.717) is 0 Å². The monoisotopic (exact) mass is 270 g/mol. The highest BCUT2D eigenvalue weighted by Gasteiger charge is 2.05. The minimum Gasteiger partial charge on any atom is -0.435 e. The van der Waals surface area contributed by atoms with Gasteiger partial charge in [0.15, 0.2) is 0 Å². The van der Waals surface area contributed by atoms with Crippen LogP contribution in [0.2, 0.25) is 0 Å². The number of halogens is 2. The Morgan fingerprint density at radius 3 is 2.41 bits per heavy atom. The van der Waals surface area contributed by atoms with Crippen LogP contribution < -0.4 is 4.74 Å². The molecule has 0 aliphatic carbocycles. The molecule has 0 spiro atoms. The molecular weight excluding hydrogens is 262 g/mol. The van der Waals surface area contributed by atoms with Crippen molar-refractivity contribution in [3.8, 4) is 16.9 Å². The highest BCUT2D eigenvalue weighted by Crippen LogP contribution is 2.27. The van der Waals surface area contributed by atoms with Gasteiger partial charge in [-0.15, -0.1) is 11.3 Å². The van der Waals surface area contributed by atoms with E-state index in [1.807, 2.05) is 11.4 Å². The van der Waals surface area contributed by atoms with Crippen LogP contribution in [-0.2, 0) is 0 Å². The number of hydrogen-bond donors (Lipinski definition) is 0. The van der Waals surface area contributed by atoms with Crippen molar-refractivity contribution in [1.29, 1.82) is 0 Å². The van der Waals surface area contributed by atoms with Crippen LogP contribution in [0.4, 0.5) is 8.78 Å². The van der Waals surface area contributed by atoms with Crippen LogP contribution in [0, 0.1) is 0 Å². The van der Waals surface area contributed by atoms with Crippen LogP contribution in [0.15, 0.2) is 35.7 Å². The minimum atomic E-state index is -2.79. The van der Waals surface area contributed by atoms with Crippen molar-refractivity contribution < 1.29 is 13.5 Å². The number of rotatable bonds is 4. The zero-order valence-corrected chi connectivity index (χ0v) is 10.2. The van der Waals surface area contributed by atoms with Crippen molar-refractivity contribution in [2.24, 2.45) is 0 Å². The van der Waals surface area contributed by atoms with E-state index in [1.165, 1.54) is 12.1 Å². The van der Waals surface area contributed by atoms with Gasteiger partial charge >= 0.3 is 6.61 Å². The Morgan fingerprint density at radius 1 is 1.18 bits per heavy atom. The SMILES string of the molecule is FC(F)Oc1ccc(-c2csc(C=S)c2)cc1. The van der Waals surface area contributed by atoms with Crippen LogP contribution in [0.25, 0.3) is 11.1 Å². The third-order valence-corrected chi connectivity index (χ3v) is 3.43. The topological polar surface area (TPSA) is 9.23 Å². The highest BCUT2D eigenvalue weighted by atomic mass is 32.1. The standard InChI is InChI=1S/C12H8F2OS2/c13-12(14)15-10-3-1-8(2-4-10)9-5-11(6-16)17-7-9/h1-7,12H. The number of thiophene rings is 1. The summed E-state index contributed by atoms with van der Waals surface area (Å²) in [6.45, 7) is -2.79. The average molecular weight is 270 g/mol. The first-order valence-electron chi connectivity index (χ1n) is 4.78. The Labute approximate surface area is 107 Å². The van der Waals surface area contributed by atoms with Gasteiger partial charge in [-0.05, 0) is 34.7 Å².